The molecule has 0 heterocycles. The molecule has 1 rings (SSSR count). The van der Waals surface area contributed by atoms with Gasteiger partial charge in [0.2, 0.25) is 0 Å². The van der Waals surface area contributed by atoms with E-state index < -0.39 is 21.1 Å². The first kappa shape index (κ1) is 14.7. The van der Waals surface area contributed by atoms with Crippen molar-refractivity contribution in [2.45, 2.75) is 0 Å². The molecule has 0 aliphatic carbocycles. The first-order chi connectivity index (χ1) is 7.74. The first-order valence-corrected chi connectivity index (χ1v) is 8.06. The van der Waals surface area contributed by atoms with Crippen LogP contribution in [-0.4, -0.2) is 20.9 Å². The van der Waals surface area contributed by atoms with E-state index in [4.69, 9.17) is 31.2 Å². The van der Waals surface area contributed by atoms with Crippen LogP contribution in [0.25, 0.3) is 0 Å². The summed E-state index contributed by atoms with van der Waals surface area (Å²) in [5, 5.41) is 8.80. The molecule has 0 saturated heterocycles. The fourth-order valence-electron chi connectivity index (χ4n) is 0.953. The van der Waals surface area contributed by atoms with Gasteiger partial charge < -0.3 is 14.3 Å². The van der Waals surface area contributed by atoms with Crippen molar-refractivity contribution in [1.29, 1.82) is 0 Å². The van der Waals surface area contributed by atoms with E-state index >= 15 is 0 Å². The van der Waals surface area contributed by atoms with Crippen LogP contribution in [0.1, 0.15) is 0 Å². The highest BCUT2D eigenvalue weighted by molar-refractivity contribution is 7.70. The topological polar surface area (TPSA) is 113 Å². The maximum Gasteiger partial charge on any atom is 0.417 e. The van der Waals surface area contributed by atoms with Gasteiger partial charge in [-0.2, -0.15) is 0 Å². The summed E-state index contributed by atoms with van der Waals surface area (Å²) in [5.74, 6) is -1.22. The van der Waals surface area contributed by atoms with Gasteiger partial charge in [0.25, 0.3) is 0 Å². The Balaban J connectivity index is 2.86. The van der Waals surface area contributed by atoms with Crippen LogP contribution in [0.3, 0.4) is 0 Å². The van der Waals surface area contributed by atoms with Gasteiger partial charge >= 0.3 is 15.2 Å². The Morgan fingerprint density at radius 1 is 1.18 bits per heavy atom. The third-order valence-electron chi connectivity index (χ3n) is 1.54. The lowest BCUT2D eigenvalue weighted by Crippen LogP contribution is -2.01. The molecule has 10 heteroatoms. The first-order valence-electron chi connectivity index (χ1n) is 4.16. The van der Waals surface area contributed by atoms with Crippen molar-refractivity contribution in [3.8, 4) is 5.75 Å². The van der Waals surface area contributed by atoms with Gasteiger partial charge in [0, 0.05) is 5.02 Å². The van der Waals surface area contributed by atoms with Crippen LogP contribution in [0.5, 0.6) is 5.75 Å². The molecule has 1 aromatic rings. The maximum absolute atomic E-state index is 11.6. The van der Waals surface area contributed by atoms with Gasteiger partial charge in [-0.15, -0.1) is 4.67 Å². The van der Waals surface area contributed by atoms with E-state index in [1.807, 2.05) is 0 Å². The molecule has 0 amide bonds. The van der Waals surface area contributed by atoms with Crippen LogP contribution >= 0.6 is 26.8 Å². The van der Waals surface area contributed by atoms with Gasteiger partial charge in [-0.25, -0.2) is 9.82 Å². The summed E-state index contributed by atoms with van der Waals surface area (Å²) >= 11 is 5.59. The van der Waals surface area contributed by atoms with Crippen molar-refractivity contribution in [2.75, 3.05) is 5.90 Å². The summed E-state index contributed by atoms with van der Waals surface area (Å²) in [6.45, 7) is 0. The molecule has 1 aromatic carbocycles. The van der Waals surface area contributed by atoms with E-state index in [-0.39, 0.29) is 5.75 Å². The van der Waals surface area contributed by atoms with Crippen molar-refractivity contribution in [1.82, 2.24) is 0 Å². The molecule has 0 bridgehead atoms. The molecule has 0 radical (unpaired) electrons. The van der Waals surface area contributed by atoms with Gasteiger partial charge in [0.15, 0.2) is 5.90 Å². The van der Waals surface area contributed by atoms with Gasteiger partial charge in [-0.05, 0) is 24.3 Å². The molecule has 0 spiro atoms. The molecule has 1 atom stereocenters. The summed E-state index contributed by atoms with van der Waals surface area (Å²) in [6, 6.07) is 5.45. The van der Waals surface area contributed by atoms with Crippen molar-refractivity contribution in [3.05, 3.63) is 29.3 Å². The standard InChI is InChI=1S/C7H9ClO7P2/c8-6-1-3-7(4-2-6)14-17(13,15-9)5-16(10,11)12/h1-4,9H,5H2,(H2,10,11,12). The Bertz CT molecular complexity index is 468. The molecule has 96 valence electrons. The fourth-order valence-corrected chi connectivity index (χ4v) is 3.80. The second-order valence-corrected chi connectivity index (χ2v) is 7.51. The van der Waals surface area contributed by atoms with E-state index in [0.29, 0.717) is 5.02 Å². The van der Waals surface area contributed by atoms with E-state index in [2.05, 4.69) is 4.67 Å². The normalized spacial score (nSPS) is 15.3. The SMILES string of the molecule is O=P(O)(O)CP(=O)(OO)Oc1ccc(Cl)cc1. The van der Waals surface area contributed by atoms with E-state index in [1.54, 1.807) is 0 Å². The third kappa shape index (κ3) is 5.19. The number of benzene rings is 1. The van der Waals surface area contributed by atoms with E-state index in [0.717, 1.165) is 0 Å². The predicted molar refractivity (Wildman–Crippen MR) is 60.3 cm³/mol. The Morgan fingerprint density at radius 3 is 2.12 bits per heavy atom. The summed E-state index contributed by atoms with van der Waals surface area (Å²) in [6.07, 6.45) is 0. The zero-order chi connectivity index (χ0) is 13.1. The summed E-state index contributed by atoms with van der Waals surface area (Å²) in [4.78, 5) is 17.3. The van der Waals surface area contributed by atoms with Crippen molar-refractivity contribution in [3.63, 3.8) is 0 Å². The quantitative estimate of drug-likeness (QED) is 0.435. The minimum absolute atomic E-state index is 0.000216. The molecular weight excluding hydrogens is 293 g/mol. The average Bonchev–Trinajstić information content (AvgIpc) is 2.19. The van der Waals surface area contributed by atoms with Crippen molar-refractivity contribution >= 4 is 26.8 Å². The smallest absolute Gasteiger partial charge is 0.417 e. The number of rotatable bonds is 5. The maximum atomic E-state index is 11.6. The minimum atomic E-state index is -4.65. The molecule has 1 unspecified atom stereocenters. The molecule has 0 saturated carbocycles. The summed E-state index contributed by atoms with van der Waals surface area (Å²) < 4.78 is 30.6. The molecule has 0 aliphatic rings. The van der Waals surface area contributed by atoms with Gasteiger partial charge in [-0.1, -0.05) is 11.6 Å². The Kier molecular flexibility index (Phi) is 4.75. The number of hydrogen-bond donors (Lipinski definition) is 3. The largest absolute Gasteiger partial charge is 0.423 e. The minimum Gasteiger partial charge on any atom is -0.423 e. The lowest BCUT2D eigenvalue weighted by molar-refractivity contribution is -0.143. The zero-order valence-corrected chi connectivity index (χ0v) is 10.8. The molecule has 7 nitrogen and oxygen atoms in total. The van der Waals surface area contributed by atoms with Crippen LogP contribution in [0.2, 0.25) is 5.02 Å². The zero-order valence-electron chi connectivity index (χ0n) is 8.26. The molecular formula is C7H9ClO7P2. The predicted octanol–water partition coefficient (Wildman–Crippen LogP) is 2.54. The molecule has 0 aromatic heterocycles. The van der Waals surface area contributed by atoms with Crippen LogP contribution < -0.4 is 4.52 Å². The average molecular weight is 303 g/mol. The number of halogens is 1. The molecule has 0 fully saturated rings. The lowest BCUT2D eigenvalue weighted by atomic mass is 10.3. The summed E-state index contributed by atoms with van der Waals surface area (Å²) in [7, 11) is -8.96. The fraction of sp³-hybridized carbons (Fsp3) is 0.143. The van der Waals surface area contributed by atoms with Gasteiger partial charge in [0.1, 0.15) is 5.75 Å². The van der Waals surface area contributed by atoms with E-state index in [9.17, 15) is 9.13 Å². The van der Waals surface area contributed by atoms with Crippen molar-refractivity contribution in [2.24, 2.45) is 0 Å². The monoisotopic (exact) mass is 302 g/mol. The van der Waals surface area contributed by atoms with Crippen LogP contribution in [0.4, 0.5) is 0 Å². The van der Waals surface area contributed by atoms with Crippen molar-refractivity contribution < 1.29 is 33.4 Å². The Morgan fingerprint density at radius 2 is 1.71 bits per heavy atom. The van der Waals surface area contributed by atoms with Crippen LogP contribution in [0.15, 0.2) is 24.3 Å². The second kappa shape index (κ2) is 5.50. The number of hydrogen-bond acceptors (Lipinski definition) is 5. The third-order valence-corrected chi connectivity index (χ3v) is 5.39. The van der Waals surface area contributed by atoms with Gasteiger partial charge in [-0.3, -0.25) is 4.57 Å². The highest BCUT2D eigenvalue weighted by Gasteiger charge is 2.36. The second-order valence-electron chi connectivity index (χ2n) is 3.04. The molecule has 0 aliphatic heterocycles. The Labute approximate surface area is 102 Å². The van der Waals surface area contributed by atoms with Crippen LogP contribution in [0, 0.1) is 0 Å². The van der Waals surface area contributed by atoms with Gasteiger partial charge in [0.05, 0.1) is 0 Å². The lowest BCUT2D eigenvalue weighted by Gasteiger charge is -2.15. The Hall–Kier alpha value is -0.390. The van der Waals surface area contributed by atoms with E-state index in [1.165, 1.54) is 24.3 Å². The highest BCUT2D eigenvalue weighted by atomic mass is 35.5. The highest BCUT2D eigenvalue weighted by Crippen LogP contribution is 2.58. The summed E-state index contributed by atoms with van der Waals surface area (Å²) in [5.41, 5.74) is 0. The van der Waals surface area contributed by atoms with Crippen LogP contribution in [-0.2, 0) is 13.8 Å². The molecule has 17 heavy (non-hydrogen) atoms. The molecule has 3 N–H and O–H groups in total.